The minimum absolute atomic E-state index is 0.00264. The summed E-state index contributed by atoms with van der Waals surface area (Å²) < 4.78 is 13.0. The Bertz CT molecular complexity index is 1040. The lowest BCUT2D eigenvalue weighted by Gasteiger charge is -2.26. The van der Waals surface area contributed by atoms with Gasteiger partial charge in [0.25, 0.3) is 5.91 Å². The van der Waals surface area contributed by atoms with Crippen LogP contribution < -0.4 is 9.47 Å². The summed E-state index contributed by atoms with van der Waals surface area (Å²) in [6.07, 6.45) is 3.57. The van der Waals surface area contributed by atoms with Gasteiger partial charge in [-0.2, -0.15) is 0 Å². The molecular weight excluding hydrogens is 368 g/mol. The number of nitrogens with zero attached hydrogens (tertiary/aromatic N) is 4. The maximum absolute atomic E-state index is 13.2. The summed E-state index contributed by atoms with van der Waals surface area (Å²) in [5.74, 6) is 1.41. The van der Waals surface area contributed by atoms with E-state index in [4.69, 9.17) is 9.47 Å². The Labute approximate surface area is 168 Å². The molecule has 3 heterocycles. The van der Waals surface area contributed by atoms with Crippen molar-refractivity contribution in [3.63, 3.8) is 0 Å². The molecule has 7 heteroatoms. The molecule has 1 unspecified atom stereocenters. The second-order valence-electron chi connectivity index (χ2n) is 7.44. The summed E-state index contributed by atoms with van der Waals surface area (Å²) in [5.41, 5.74) is 3.47. The molecule has 1 fully saturated rings. The summed E-state index contributed by atoms with van der Waals surface area (Å²) in [6, 6.07) is 13.9. The van der Waals surface area contributed by atoms with Gasteiger partial charge in [0.05, 0.1) is 17.9 Å². The van der Waals surface area contributed by atoms with Crippen molar-refractivity contribution in [2.75, 3.05) is 19.8 Å². The summed E-state index contributed by atoms with van der Waals surface area (Å²) in [7, 11) is 0. The molecule has 5 rings (SSSR count). The van der Waals surface area contributed by atoms with E-state index in [1.165, 1.54) is 5.56 Å². The van der Waals surface area contributed by atoms with Crippen LogP contribution in [0.2, 0.25) is 0 Å². The Hall–Kier alpha value is -3.35. The lowest BCUT2D eigenvalue weighted by molar-refractivity contribution is 0.0729. The molecule has 29 heavy (non-hydrogen) atoms. The van der Waals surface area contributed by atoms with E-state index in [2.05, 4.69) is 10.3 Å². The molecule has 0 saturated carbocycles. The molecule has 2 aliphatic heterocycles. The van der Waals surface area contributed by atoms with Crippen LogP contribution in [0.1, 0.15) is 40.5 Å². The van der Waals surface area contributed by atoms with Crippen molar-refractivity contribution >= 4 is 5.91 Å². The van der Waals surface area contributed by atoms with Crippen LogP contribution in [-0.4, -0.2) is 45.6 Å². The molecule has 2 aromatic carbocycles. The Morgan fingerprint density at radius 2 is 1.86 bits per heavy atom. The predicted octanol–water partition coefficient (Wildman–Crippen LogP) is 3.32. The highest BCUT2D eigenvalue weighted by Gasteiger charge is 2.32. The lowest BCUT2D eigenvalue weighted by Crippen LogP contribution is -2.31. The molecule has 0 aliphatic carbocycles. The molecule has 2 aliphatic rings. The summed E-state index contributed by atoms with van der Waals surface area (Å²) in [5, 5.41) is 8.28. The van der Waals surface area contributed by atoms with Crippen LogP contribution in [0, 0.1) is 6.92 Å². The van der Waals surface area contributed by atoms with E-state index in [1.807, 2.05) is 54.3 Å². The van der Waals surface area contributed by atoms with Crippen LogP contribution in [0.15, 0.2) is 48.7 Å². The van der Waals surface area contributed by atoms with E-state index < -0.39 is 0 Å². The topological polar surface area (TPSA) is 69.5 Å². The van der Waals surface area contributed by atoms with E-state index in [-0.39, 0.29) is 11.9 Å². The van der Waals surface area contributed by atoms with Crippen molar-refractivity contribution in [1.82, 2.24) is 19.9 Å². The first-order valence-electron chi connectivity index (χ1n) is 9.89. The number of ether oxygens (including phenoxy) is 2. The van der Waals surface area contributed by atoms with Crippen LogP contribution in [-0.2, 0) is 0 Å². The Kier molecular flexibility index (Phi) is 4.42. The fourth-order valence-corrected chi connectivity index (χ4v) is 3.96. The largest absolute Gasteiger partial charge is 0.486 e. The molecule has 0 bridgehead atoms. The number of aryl methyl sites for hydroxylation is 1. The van der Waals surface area contributed by atoms with E-state index in [0.29, 0.717) is 25.5 Å². The fourth-order valence-electron chi connectivity index (χ4n) is 3.96. The van der Waals surface area contributed by atoms with Crippen molar-refractivity contribution < 1.29 is 14.3 Å². The summed E-state index contributed by atoms with van der Waals surface area (Å²) in [6.45, 7) is 3.85. The molecular formula is C22H22N4O3. The normalized spacial score (nSPS) is 18.1. The minimum atomic E-state index is -0.0965. The zero-order chi connectivity index (χ0) is 19.8. The van der Waals surface area contributed by atoms with Crippen LogP contribution in [0.3, 0.4) is 0 Å². The molecule has 1 saturated heterocycles. The Balaban J connectivity index is 1.39. The summed E-state index contributed by atoms with van der Waals surface area (Å²) >= 11 is 0. The van der Waals surface area contributed by atoms with Crippen molar-refractivity contribution in [2.45, 2.75) is 25.8 Å². The minimum Gasteiger partial charge on any atom is -0.486 e. The molecule has 1 atom stereocenters. The number of carbonyl (C=O) groups is 1. The van der Waals surface area contributed by atoms with E-state index >= 15 is 0 Å². The molecule has 1 aromatic heterocycles. The Morgan fingerprint density at radius 1 is 1.07 bits per heavy atom. The number of fused-ring (bicyclic) bond motifs is 1. The number of hydrogen-bond donors (Lipinski definition) is 0. The highest BCUT2D eigenvalue weighted by Crippen LogP contribution is 2.38. The van der Waals surface area contributed by atoms with Crippen LogP contribution in [0.4, 0.5) is 0 Å². The average molecular weight is 390 g/mol. The number of aromatic nitrogens is 3. The van der Waals surface area contributed by atoms with Gasteiger partial charge in [-0.3, -0.25) is 4.79 Å². The van der Waals surface area contributed by atoms with Gasteiger partial charge in [0.1, 0.15) is 13.2 Å². The zero-order valence-corrected chi connectivity index (χ0v) is 16.2. The molecule has 0 radical (unpaired) electrons. The van der Waals surface area contributed by atoms with E-state index in [0.717, 1.165) is 35.6 Å². The third-order valence-corrected chi connectivity index (χ3v) is 5.48. The summed E-state index contributed by atoms with van der Waals surface area (Å²) in [4.78, 5) is 15.1. The van der Waals surface area contributed by atoms with Gasteiger partial charge in [-0.15, -0.1) is 5.10 Å². The first kappa shape index (κ1) is 17.7. The highest BCUT2D eigenvalue weighted by molar-refractivity contribution is 5.92. The van der Waals surface area contributed by atoms with Gasteiger partial charge in [-0.25, -0.2) is 4.68 Å². The van der Waals surface area contributed by atoms with Gasteiger partial charge in [0.2, 0.25) is 0 Å². The predicted molar refractivity (Wildman–Crippen MR) is 107 cm³/mol. The number of hydrogen-bond acceptors (Lipinski definition) is 5. The van der Waals surface area contributed by atoms with Gasteiger partial charge >= 0.3 is 0 Å². The maximum Gasteiger partial charge on any atom is 0.276 e. The van der Waals surface area contributed by atoms with E-state index in [1.54, 1.807) is 10.9 Å². The molecule has 148 valence electrons. The highest BCUT2D eigenvalue weighted by atomic mass is 16.6. The molecule has 0 N–H and O–H groups in total. The van der Waals surface area contributed by atoms with Gasteiger partial charge in [0, 0.05) is 6.54 Å². The van der Waals surface area contributed by atoms with Crippen LogP contribution in [0.25, 0.3) is 5.69 Å². The Morgan fingerprint density at radius 3 is 2.69 bits per heavy atom. The van der Waals surface area contributed by atoms with Crippen molar-refractivity contribution in [2.24, 2.45) is 0 Å². The third-order valence-electron chi connectivity index (χ3n) is 5.48. The molecule has 3 aromatic rings. The number of rotatable bonds is 3. The molecule has 0 spiro atoms. The standard InChI is InChI=1S/C22H22N4O3/c1-15-4-7-17(8-5-15)26-14-18(23-24-26)22(27)25-10-2-3-19(25)16-6-9-20-21(13-16)29-12-11-28-20/h4-9,13-14,19H,2-3,10-12H2,1H3. The third kappa shape index (κ3) is 3.33. The number of benzene rings is 2. The molecule has 7 nitrogen and oxygen atoms in total. The van der Waals surface area contributed by atoms with Crippen molar-refractivity contribution in [3.8, 4) is 17.2 Å². The van der Waals surface area contributed by atoms with Gasteiger partial charge in [-0.1, -0.05) is 29.0 Å². The monoisotopic (exact) mass is 390 g/mol. The lowest BCUT2D eigenvalue weighted by atomic mass is 10.0. The first-order chi connectivity index (χ1) is 14.2. The first-order valence-corrected chi connectivity index (χ1v) is 9.89. The average Bonchev–Trinajstić information content (AvgIpc) is 3.44. The van der Waals surface area contributed by atoms with Crippen LogP contribution >= 0.6 is 0 Å². The number of amides is 1. The quantitative estimate of drug-likeness (QED) is 0.686. The van der Waals surface area contributed by atoms with Gasteiger partial charge in [0.15, 0.2) is 17.2 Å². The second-order valence-corrected chi connectivity index (χ2v) is 7.44. The van der Waals surface area contributed by atoms with E-state index in [9.17, 15) is 4.79 Å². The number of carbonyl (C=O) groups excluding carboxylic acids is 1. The fraction of sp³-hybridized carbons (Fsp3) is 0.318. The van der Waals surface area contributed by atoms with Crippen molar-refractivity contribution in [1.29, 1.82) is 0 Å². The smallest absolute Gasteiger partial charge is 0.276 e. The zero-order valence-electron chi connectivity index (χ0n) is 16.2. The second kappa shape index (κ2) is 7.24. The van der Waals surface area contributed by atoms with Gasteiger partial charge in [-0.05, 0) is 49.6 Å². The van der Waals surface area contributed by atoms with Crippen LogP contribution in [0.5, 0.6) is 11.5 Å². The number of likely N-dealkylation sites (tertiary alicyclic amines) is 1. The maximum atomic E-state index is 13.2. The SMILES string of the molecule is Cc1ccc(-n2cc(C(=O)N3CCCC3c3ccc4c(c3)OCCO4)nn2)cc1. The van der Waals surface area contributed by atoms with Crippen molar-refractivity contribution in [3.05, 3.63) is 65.5 Å². The molecule has 1 amide bonds. The van der Waals surface area contributed by atoms with Gasteiger partial charge < -0.3 is 14.4 Å².